The molecule has 3 rings (SSSR count). The summed E-state index contributed by atoms with van der Waals surface area (Å²) < 4.78 is 6.41. The van der Waals surface area contributed by atoms with Gasteiger partial charge in [-0.25, -0.2) is 4.79 Å². The number of nitrogens with two attached hydrogens (primary N) is 1. The fourth-order valence-corrected chi connectivity index (χ4v) is 2.71. The first kappa shape index (κ1) is 16.9. The van der Waals surface area contributed by atoms with E-state index in [4.69, 9.17) is 45.0 Å². The van der Waals surface area contributed by atoms with Gasteiger partial charge >= 0.3 is 5.76 Å². The molecule has 1 heterocycles. The van der Waals surface area contributed by atoms with E-state index in [1.165, 1.54) is 4.68 Å². The van der Waals surface area contributed by atoms with E-state index in [9.17, 15) is 4.79 Å². The van der Waals surface area contributed by atoms with E-state index >= 15 is 0 Å². The lowest BCUT2D eigenvalue weighted by atomic mass is 10.1. The number of nitrogens with zero attached hydrogens (tertiary/aromatic N) is 2. The van der Waals surface area contributed by atoms with Crippen LogP contribution in [-0.4, -0.2) is 9.78 Å². The van der Waals surface area contributed by atoms with Crippen molar-refractivity contribution in [3.8, 4) is 11.5 Å². The van der Waals surface area contributed by atoms with Crippen molar-refractivity contribution in [2.45, 2.75) is 13.5 Å². The van der Waals surface area contributed by atoms with Crippen LogP contribution in [-0.2, 0) is 6.54 Å². The van der Waals surface area contributed by atoms with Gasteiger partial charge in [-0.2, -0.15) is 4.68 Å². The molecule has 0 saturated carbocycles. The summed E-state index contributed by atoms with van der Waals surface area (Å²) in [6.45, 7) is 2.10. The second-order valence-corrected chi connectivity index (χ2v) is 6.48. The van der Waals surface area contributed by atoms with E-state index in [0.29, 0.717) is 26.3 Å². The minimum Gasteiger partial charge on any atom is -0.398 e. The quantitative estimate of drug-likeness (QED) is 0.679. The topological polar surface area (TPSA) is 74.1 Å². The van der Waals surface area contributed by atoms with Gasteiger partial charge in [0.2, 0.25) is 5.89 Å². The summed E-state index contributed by atoms with van der Waals surface area (Å²) in [5, 5.41) is 5.39. The number of aryl methyl sites for hydroxylation is 1. The highest BCUT2D eigenvalue weighted by molar-refractivity contribution is 6.42. The third kappa shape index (κ3) is 3.29. The number of aromatic nitrogens is 2. The fraction of sp³-hybridized carbons (Fsp3) is 0.125. The third-order valence-electron chi connectivity index (χ3n) is 3.55. The van der Waals surface area contributed by atoms with Gasteiger partial charge in [-0.15, -0.1) is 5.10 Å². The molecule has 2 aromatic carbocycles. The van der Waals surface area contributed by atoms with Gasteiger partial charge in [0.15, 0.2) is 0 Å². The maximum Gasteiger partial charge on any atom is 0.437 e. The molecule has 0 aliphatic carbocycles. The van der Waals surface area contributed by atoms with E-state index in [0.717, 1.165) is 11.1 Å². The molecule has 5 nitrogen and oxygen atoms in total. The van der Waals surface area contributed by atoms with Crippen LogP contribution in [0.3, 0.4) is 0 Å². The average molecular weight is 385 g/mol. The molecule has 0 amide bonds. The van der Waals surface area contributed by atoms with Gasteiger partial charge in [-0.3, -0.25) is 0 Å². The Balaban J connectivity index is 1.96. The molecular weight excluding hydrogens is 373 g/mol. The van der Waals surface area contributed by atoms with Crippen LogP contribution in [0.2, 0.25) is 15.1 Å². The van der Waals surface area contributed by atoms with Crippen molar-refractivity contribution in [3.05, 3.63) is 67.1 Å². The van der Waals surface area contributed by atoms with E-state index in [1.54, 1.807) is 30.3 Å². The highest BCUT2D eigenvalue weighted by atomic mass is 35.5. The molecule has 0 aliphatic rings. The number of rotatable bonds is 3. The molecule has 1 aromatic heterocycles. The second kappa shape index (κ2) is 6.51. The van der Waals surface area contributed by atoms with Crippen molar-refractivity contribution in [1.82, 2.24) is 9.78 Å². The van der Waals surface area contributed by atoms with Crippen molar-refractivity contribution < 1.29 is 4.42 Å². The molecule has 8 heteroatoms. The van der Waals surface area contributed by atoms with Gasteiger partial charge in [0.25, 0.3) is 0 Å². The predicted octanol–water partition coefficient (Wildman–Crippen LogP) is 4.40. The summed E-state index contributed by atoms with van der Waals surface area (Å²) in [6, 6.07) is 8.34. The predicted molar refractivity (Wildman–Crippen MR) is 95.9 cm³/mol. The summed E-state index contributed by atoms with van der Waals surface area (Å²) >= 11 is 17.9. The molecule has 0 saturated heterocycles. The van der Waals surface area contributed by atoms with Crippen LogP contribution in [0.1, 0.15) is 11.1 Å². The van der Waals surface area contributed by atoms with Gasteiger partial charge in [0.1, 0.15) is 0 Å². The molecule has 2 N–H and O–H groups in total. The minimum atomic E-state index is -0.580. The Kier molecular flexibility index (Phi) is 4.58. The largest absolute Gasteiger partial charge is 0.437 e. The molecule has 24 heavy (non-hydrogen) atoms. The Morgan fingerprint density at radius 1 is 1.12 bits per heavy atom. The Hall–Kier alpha value is -1.95. The molecule has 0 unspecified atom stereocenters. The third-order valence-corrected chi connectivity index (χ3v) is 4.61. The molecule has 124 valence electrons. The lowest BCUT2D eigenvalue weighted by Gasteiger charge is -2.07. The second-order valence-electron chi connectivity index (χ2n) is 5.26. The zero-order valence-corrected chi connectivity index (χ0v) is 14.8. The van der Waals surface area contributed by atoms with E-state index in [-0.39, 0.29) is 12.4 Å². The number of benzene rings is 2. The van der Waals surface area contributed by atoms with Crippen molar-refractivity contribution in [2.24, 2.45) is 0 Å². The van der Waals surface area contributed by atoms with Crippen molar-refractivity contribution in [2.75, 3.05) is 5.73 Å². The number of hydrogen-bond donors (Lipinski definition) is 1. The van der Waals surface area contributed by atoms with Gasteiger partial charge in [0, 0.05) is 5.56 Å². The average Bonchev–Trinajstić information content (AvgIpc) is 2.88. The van der Waals surface area contributed by atoms with Crippen LogP contribution in [0.4, 0.5) is 5.69 Å². The molecule has 0 bridgehead atoms. The molecule has 0 radical (unpaired) electrons. The van der Waals surface area contributed by atoms with Crippen molar-refractivity contribution >= 4 is 40.5 Å². The number of halogens is 3. The summed E-state index contributed by atoms with van der Waals surface area (Å²) in [5.74, 6) is -0.416. The molecular formula is C16H12Cl3N3O2. The first-order chi connectivity index (χ1) is 11.3. The zero-order chi connectivity index (χ0) is 17.4. The van der Waals surface area contributed by atoms with Crippen LogP contribution in [0.5, 0.6) is 0 Å². The highest BCUT2D eigenvalue weighted by Crippen LogP contribution is 2.27. The SMILES string of the molecule is Cc1cc(N)c(Cl)cc1Cn1nc(-c2ccc(Cl)c(Cl)c2)oc1=O. The Bertz CT molecular complexity index is 979. The molecule has 0 aliphatic heterocycles. The summed E-state index contributed by atoms with van der Waals surface area (Å²) in [5.41, 5.74) is 8.54. The summed E-state index contributed by atoms with van der Waals surface area (Å²) in [6.07, 6.45) is 0. The first-order valence-corrected chi connectivity index (χ1v) is 8.06. The molecule has 0 atom stereocenters. The van der Waals surface area contributed by atoms with Crippen LogP contribution < -0.4 is 11.5 Å². The standard InChI is InChI=1S/C16H12Cl3N3O2/c1-8-4-14(20)13(19)6-10(8)7-22-16(23)24-15(21-22)9-2-3-11(17)12(18)5-9/h2-6H,7,20H2,1H3. The number of anilines is 1. The Morgan fingerprint density at radius 3 is 2.58 bits per heavy atom. The van der Waals surface area contributed by atoms with E-state index in [2.05, 4.69) is 5.10 Å². The van der Waals surface area contributed by atoms with Crippen molar-refractivity contribution in [3.63, 3.8) is 0 Å². The lowest BCUT2D eigenvalue weighted by Crippen LogP contribution is -2.17. The monoisotopic (exact) mass is 383 g/mol. The highest BCUT2D eigenvalue weighted by Gasteiger charge is 2.13. The normalized spacial score (nSPS) is 11.0. The maximum absolute atomic E-state index is 12.0. The van der Waals surface area contributed by atoms with Crippen molar-refractivity contribution in [1.29, 1.82) is 0 Å². The van der Waals surface area contributed by atoms with Crippen LogP contribution in [0.15, 0.2) is 39.5 Å². The van der Waals surface area contributed by atoms with Crippen LogP contribution >= 0.6 is 34.8 Å². The summed E-state index contributed by atoms with van der Waals surface area (Å²) in [7, 11) is 0. The van der Waals surface area contributed by atoms with Crippen LogP contribution in [0, 0.1) is 6.92 Å². The van der Waals surface area contributed by atoms with Gasteiger partial charge in [-0.1, -0.05) is 34.8 Å². The molecule has 0 fully saturated rings. The first-order valence-electron chi connectivity index (χ1n) is 6.93. The van der Waals surface area contributed by atoms with Gasteiger partial charge in [0.05, 0.1) is 27.3 Å². The van der Waals surface area contributed by atoms with Gasteiger partial charge in [-0.05, 0) is 48.4 Å². The number of hydrogen-bond acceptors (Lipinski definition) is 4. The fourth-order valence-electron chi connectivity index (χ4n) is 2.23. The van der Waals surface area contributed by atoms with Gasteiger partial charge < -0.3 is 10.2 Å². The van der Waals surface area contributed by atoms with E-state index < -0.39 is 5.76 Å². The Morgan fingerprint density at radius 2 is 1.88 bits per heavy atom. The minimum absolute atomic E-state index is 0.165. The lowest BCUT2D eigenvalue weighted by molar-refractivity contribution is 0.495. The Labute approximate surface area is 152 Å². The number of nitrogen functional groups attached to an aromatic ring is 1. The van der Waals surface area contributed by atoms with Crippen LogP contribution in [0.25, 0.3) is 11.5 Å². The maximum atomic E-state index is 12.0. The molecule has 3 aromatic rings. The zero-order valence-electron chi connectivity index (χ0n) is 12.5. The summed E-state index contributed by atoms with van der Waals surface area (Å²) in [4.78, 5) is 12.0. The van der Waals surface area contributed by atoms with E-state index in [1.807, 2.05) is 6.92 Å². The smallest absolute Gasteiger partial charge is 0.398 e. The molecule has 0 spiro atoms.